The highest BCUT2D eigenvalue weighted by molar-refractivity contribution is 5.87. The molecule has 0 spiro atoms. The lowest BCUT2D eigenvalue weighted by atomic mass is 10.2. The summed E-state index contributed by atoms with van der Waals surface area (Å²) in [5.74, 6) is 0.749. The summed E-state index contributed by atoms with van der Waals surface area (Å²) in [4.78, 5) is 0. The van der Waals surface area contributed by atoms with Gasteiger partial charge in [0.1, 0.15) is 0 Å². The van der Waals surface area contributed by atoms with Crippen LogP contribution < -0.4 is 0 Å². The molecule has 0 atom stereocenters. The van der Waals surface area contributed by atoms with Gasteiger partial charge >= 0.3 is 0 Å². The van der Waals surface area contributed by atoms with Gasteiger partial charge in [-0.15, -0.1) is 5.10 Å². The Labute approximate surface area is 127 Å². The maximum Gasteiger partial charge on any atom is 0.183 e. The lowest BCUT2D eigenvalue weighted by molar-refractivity contribution is 0.276. The Bertz CT molecular complexity index is 924. The molecule has 1 N–H and O–H groups in total. The minimum absolute atomic E-state index is 0.0790. The number of hydrogen-bond donors (Lipinski definition) is 1. The molecule has 5 nitrogen and oxygen atoms in total. The Morgan fingerprint density at radius 2 is 1.64 bits per heavy atom. The van der Waals surface area contributed by atoms with Crippen LogP contribution in [0.15, 0.2) is 66.9 Å². The molecule has 5 heteroatoms. The minimum Gasteiger partial charge on any atom is -0.390 e. The van der Waals surface area contributed by atoms with Crippen LogP contribution in [0.1, 0.15) is 5.69 Å². The quantitative estimate of drug-likeness (QED) is 0.631. The molecule has 0 saturated carbocycles. The summed E-state index contributed by atoms with van der Waals surface area (Å²) in [6, 6.07) is 19.8. The van der Waals surface area contributed by atoms with Crippen molar-refractivity contribution < 1.29 is 5.11 Å². The lowest BCUT2D eigenvalue weighted by Gasteiger charge is -2.01. The zero-order chi connectivity index (χ0) is 14.9. The Kier molecular flexibility index (Phi) is 2.98. The fourth-order valence-corrected chi connectivity index (χ4v) is 2.55. The molecule has 0 bridgehead atoms. The van der Waals surface area contributed by atoms with Crippen LogP contribution in [-0.4, -0.2) is 24.7 Å². The standard InChI is InChI=1S/C17H14N4O/c22-12-13-10-11-20(18-13)17-15-8-4-5-9-16(15)21(19-17)14-6-2-1-3-7-14/h1-11,22H,12H2. The van der Waals surface area contributed by atoms with E-state index in [1.54, 1.807) is 10.7 Å². The number of nitrogens with zero attached hydrogens (tertiary/aromatic N) is 4. The number of aliphatic hydroxyl groups is 1. The fourth-order valence-electron chi connectivity index (χ4n) is 2.55. The van der Waals surface area contributed by atoms with E-state index in [2.05, 4.69) is 5.10 Å². The van der Waals surface area contributed by atoms with E-state index in [0.29, 0.717) is 5.69 Å². The zero-order valence-corrected chi connectivity index (χ0v) is 11.8. The van der Waals surface area contributed by atoms with E-state index >= 15 is 0 Å². The summed E-state index contributed by atoms with van der Waals surface area (Å²) in [6.45, 7) is -0.0790. The maximum atomic E-state index is 9.19. The van der Waals surface area contributed by atoms with E-state index in [1.165, 1.54) is 0 Å². The summed E-state index contributed by atoms with van der Waals surface area (Å²) < 4.78 is 3.61. The molecule has 4 aromatic rings. The molecule has 22 heavy (non-hydrogen) atoms. The van der Waals surface area contributed by atoms with E-state index in [-0.39, 0.29) is 6.61 Å². The first-order valence-electron chi connectivity index (χ1n) is 7.06. The molecular formula is C17H14N4O. The van der Waals surface area contributed by atoms with E-state index < -0.39 is 0 Å². The largest absolute Gasteiger partial charge is 0.390 e. The lowest BCUT2D eigenvalue weighted by Crippen LogP contribution is -2.00. The third-order valence-corrected chi connectivity index (χ3v) is 3.59. The summed E-state index contributed by atoms with van der Waals surface area (Å²) in [6.07, 6.45) is 1.82. The third kappa shape index (κ3) is 1.99. The molecule has 0 aliphatic rings. The van der Waals surface area contributed by atoms with Gasteiger partial charge in [-0.05, 0) is 30.3 Å². The summed E-state index contributed by atoms with van der Waals surface area (Å²) in [7, 11) is 0. The molecule has 2 aromatic carbocycles. The van der Waals surface area contributed by atoms with Gasteiger partial charge in [0.25, 0.3) is 0 Å². The molecule has 0 fully saturated rings. The third-order valence-electron chi connectivity index (χ3n) is 3.59. The first kappa shape index (κ1) is 12.8. The van der Waals surface area contributed by atoms with Crippen LogP contribution >= 0.6 is 0 Å². The summed E-state index contributed by atoms with van der Waals surface area (Å²) in [5.41, 5.74) is 2.64. The Morgan fingerprint density at radius 1 is 0.864 bits per heavy atom. The van der Waals surface area contributed by atoms with Crippen LogP contribution in [0.5, 0.6) is 0 Å². The van der Waals surface area contributed by atoms with Gasteiger partial charge in [-0.2, -0.15) is 5.10 Å². The van der Waals surface area contributed by atoms with Crippen LogP contribution in [0, 0.1) is 0 Å². The van der Waals surface area contributed by atoms with Gasteiger partial charge in [-0.25, -0.2) is 9.36 Å². The summed E-state index contributed by atoms with van der Waals surface area (Å²) in [5, 5.41) is 19.3. The van der Waals surface area contributed by atoms with Crippen molar-refractivity contribution in [2.24, 2.45) is 0 Å². The number of rotatable bonds is 3. The van der Waals surface area contributed by atoms with Crippen molar-refractivity contribution >= 4 is 10.9 Å². The van der Waals surface area contributed by atoms with Crippen molar-refractivity contribution in [3.8, 4) is 11.5 Å². The van der Waals surface area contributed by atoms with Crippen LogP contribution in [0.25, 0.3) is 22.4 Å². The monoisotopic (exact) mass is 290 g/mol. The fraction of sp³-hybridized carbons (Fsp3) is 0.0588. The second-order valence-electron chi connectivity index (χ2n) is 5.00. The second-order valence-corrected chi connectivity index (χ2v) is 5.00. The van der Waals surface area contributed by atoms with Crippen molar-refractivity contribution in [1.29, 1.82) is 0 Å². The average molecular weight is 290 g/mol. The van der Waals surface area contributed by atoms with E-state index in [4.69, 9.17) is 5.10 Å². The molecule has 0 amide bonds. The normalized spacial score (nSPS) is 11.1. The van der Waals surface area contributed by atoms with Crippen molar-refractivity contribution in [1.82, 2.24) is 19.6 Å². The van der Waals surface area contributed by atoms with Gasteiger partial charge in [0.15, 0.2) is 5.82 Å². The second kappa shape index (κ2) is 5.13. The molecule has 2 aromatic heterocycles. The van der Waals surface area contributed by atoms with Crippen molar-refractivity contribution in [3.63, 3.8) is 0 Å². The predicted molar refractivity (Wildman–Crippen MR) is 84.1 cm³/mol. The molecule has 2 heterocycles. The van der Waals surface area contributed by atoms with Crippen molar-refractivity contribution in [3.05, 3.63) is 72.6 Å². The van der Waals surface area contributed by atoms with Crippen LogP contribution in [0.3, 0.4) is 0 Å². The predicted octanol–water partition coefficient (Wildman–Crippen LogP) is 2.70. The molecule has 0 unspecified atom stereocenters. The highest BCUT2D eigenvalue weighted by Gasteiger charge is 2.13. The van der Waals surface area contributed by atoms with Crippen molar-refractivity contribution in [2.75, 3.05) is 0 Å². The number of hydrogen-bond acceptors (Lipinski definition) is 3. The molecule has 108 valence electrons. The van der Waals surface area contributed by atoms with E-state index in [0.717, 1.165) is 22.4 Å². The maximum absolute atomic E-state index is 9.19. The van der Waals surface area contributed by atoms with Gasteiger partial charge in [0, 0.05) is 11.6 Å². The molecule has 0 aliphatic heterocycles. The zero-order valence-electron chi connectivity index (χ0n) is 11.8. The van der Waals surface area contributed by atoms with Gasteiger partial charge in [0.2, 0.25) is 0 Å². The number of para-hydroxylation sites is 2. The number of fused-ring (bicyclic) bond motifs is 1. The number of aromatic nitrogens is 4. The smallest absolute Gasteiger partial charge is 0.183 e. The molecule has 0 radical (unpaired) electrons. The Hall–Kier alpha value is -2.92. The highest BCUT2D eigenvalue weighted by atomic mass is 16.3. The van der Waals surface area contributed by atoms with E-state index in [9.17, 15) is 5.11 Å². The highest BCUT2D eigenvalue weighted by Crippen LogP contribution is 2.24. The Morgan fingerprint density at radius 3 is 2.41 bits per heavy atom. The first-order chi connectivity index (χ1) is 10.9. The van der Waals surface area contributed by atoms with Gasteiger partial charge in [0.05, 0.1) is 23.5 Å². The Balaban J connectivity index is 1.97. The van der Waals surface area contributed by atoms with Gasteiger partial charge < -0.3 is 5.11 Å². The average Bonchev–Trinajstić information content (AvgIpc) is 3.20. The topological polar surface area (TPSA) is 55.9 Å². The van der Waals surface area contributed by atoms with Gasteiger partial charge in [-0.3, -0.25) is 0 Å². The first-order valence-corrected chi connectivity index (χ1v) is 7.06. The van der Waals surface area contributed by atoms with E-state index in [1.807, 2.05) is 65.5 Å². The van der Waals surface area contributed by atoms with Gasteiger partial charge in [-0.1, -0.05) is 30.3 Å². The number of aliphatic hydroxyl groups excluding tert-OH is 1. The van der Waals surface area contributed by atoms with Crippen molar-refractivity contribution in [2.45, 2.75) is 6.61 Å². The van der Waals surface area contributed by atoms with Crippen LogP contribution in [-0.2, 0) is 6.61 Å². The molecule has 0 aliphatic carbocycles. The SMILES string of the molecule is OCc1ccn(-c2nn(-c3ccccc3)c3ccccc23)n1. The van der Waals surface area contributed by atoms with Crippen LogP contribution in [0.2, 0.25) is 0 Å². The minimum atomic E-state index is -0.0790. The summed E-state index contributed by atoms with van der Waals surface area (Å²) >= 11 is 0. The van der Waals surface area contributed by atoms with Crippen LogP contribution in [0.4, 0.5) is 0 Å². The number of benzene rings is 2. The molecule has 4 rings (SSSR count). The molecule has 0 saturated heterocycles. The molecular weight excluding hydrogens is 276 g/mol.